The maximum atomic E-state index is 13.0. The summed E-state index contributed by atoms with van der Waals surface area (Å²) in [5.41, 5.74) is 3.98. The van der Waals surface area contributed by atoms with Crippen LogP contribution in [0.4, 0.5) is 0 Å². The maximum absolute atomic E-state index is 13.0. The van der Waals surface area contributed by atoms with Gasteiger partial charge in [0.2, 0.25) is 0 Å². The second kappa shape index (κ2) is 12.7. The van der Waals surface area contributed by atoms with E-state index >= 15 is 0 Å². The molecule has 0 amide bonds. The van der Waals surface area contributed by atoms with Gasteiger partial charge in [-0.2, -0.15) is 0 Å². The van der Waals surface area contributed by atoms with Gasteiger partial charge in [0.05, 0.1) is 20.1 Å². The van der Waals surface area contributed by atoms with E-state index in [9.17, 15) is 4.79 Å². The Morgan fingerprint density at radius 1 is 1.07 bits per heavy atom. The number of hydrogen-bond acceptors (Lipinski definition) is 6. The number of esters is 1. The number of fused-ring (bicyclic) bond motifs is 4. The van der Waals surface area contributed by atoms with Crippen molar-refractivity contribution >= 4 is 22.6 Å². The van der Waals surface area contributed by atoms with Gasteiger partial charge in [-0.05, 0) is 68.5 Å². The minimum atomic E-state index is -0.444. The number of imidazole rings is 1. The molecule has 220 valence electrons. The van der Waals surface area contributed by atoms with Gasteiger partial charge in [0.25, 0.3) is 0 Å². The summed E-state index contributed by atoms with van der Waals surface area (Å²) in [7, 11) is 5.50. The van der Waals surface area contributed by atoms with Crippen molar-refractivity contribution in [3.05, 3.63) is 59.9 Å². The molecule has 1 aromatic heterocycles. The number of aromatic nitrogens is 2. The van der Waals surface area contributed by atoms with Gasteiger partial charge in [-0.25, -0.2) is 4.98 Å². The number of allylic oxidation sites excluding steroid dienone is 1. The fourth-order valence-corrected chi connectivity index (χ4v) is 6.66. The number of hydrogen-bond donors (Lipinski definition) is 1. The van der Waals surface area contributed by atoms with Crippen molar-refractivity contribution in [2.24, 2.45) is 17.8 Å². The van der Waals surface area contributed by atoms with Crippen LogP contribution in [0.25, 0.3) is 16.6 Å². The Morgan fingerprint density at radius 2 is 1.83 bits per heavy atom. The summed E-state index contributed by atoms with van der Waals surface area (Å²) in [5, 5.41) is 0. The summed E-state index contributed by atoms with van der Waals surface area (Å²) in [6.07, 6.45) is 9.40. The molecule has 3 aliphatic rings. The molecule has 1 fully saturated rings. The van der Waals surface area contributed by atoms with Gasteiger partial charge in [-0.15, -0.1) is 0 Å². The quantitative estimate of drug-likeness (QED) is 0.250. The lowest BCUT2D eigenvalue weighted by molar-refractivity contribution is -0.172. The lowest BCUT2D eigenvalue weighted by Gasteiger charge is -2.44. The van der Waals surface area contributed by atoms with E-state index in [2.05, 4.69) is 53.3 Å². The van der Waals surface area contributed by atoms with Gasteiger partial charge in [0.1, 0.15) is 34.0 Å². The summed E-state index contributed by atoms with van der Waals surface area (Å²) in [6.45, 7) is 5.68. The monoisotopic (exact) mass is 559 g/mol. The lowest BCUT2D eigenvalue weighted by Crippen LogP contribution is -2.47. The van der Waals surface area contributed by atoms with E-state index in [1.54, 1.807) is 14.2 Å². The Labute approximate surface area is 244 Å². The number of methoxy groups -OCH3 is 2. The van der Waals surface area contributed by atoms with Crippen LogP contribution in [-0.2, 0) is 16.0 Å². The number of carbonyl (C=O) groups excluding carboxylic acids is 1. The maximum Gasteiger partial charge on any atom is 0.308 e. The van der Waals surface area contributed by atoms with Crippen LogP contribution in [0.2, 0.25) is 0 Å². The standard InChI is InChI=1S/C34H45N3O4/c1-23(2)33(38)41-34(22-25-13-9-14-26(34)21-27(25)24-11-7-6-8-12-24)18-20-37(3)19-10-15-30-35-31-28(39-4)16-17-29(40-5)32(31)36-30/h6-8,11-12,16-17,21,23,25-26H,9-10,13-15,18-20,22H2,1-5H3,(H,35,36)/t25-,26-,34+/m1/s1. The van der Waals surface area contributed by atoms with Gasteiger partial charge in [0, 0.05) is 25.3 Å². The van der Waals surface area contributed by atoms with Crippen LogP contribution < -0.4 is 9.47 Å². The van der Waals surface area contributed by atoms with E-state index in [1.807, 2.05) is 26.0 Å². The number of nitrogens with one attached hydrogen (secondary N) is 1. The van der Waals surface area contributed by atoms with Crippen molar-refractivity contribution in [3.8, 4) is 11.5 Å². The highest BCUT2D eigenvalue weighted by Gasteiger charge is 2.48. The first kappa shape index (κ1) is 29.2. The summed E-state index contributed by atoms with van der Waals surface area (Å²) in [4.78, 5) is 23.6. The zero-order chi connectivity index (χ0) is 29.0. The highest BCUT2D eigenvalue weighted by atomic mass is 16.6. The Balaban J connectivity index is 1.26. The molecule has 0 radical (unpaired) electrons. The van der Waals surface area contributed by atoms with Gasteiger partial charge in [-0.3, -0.25) is 4.79 Å². The molecule has 0 spiro atoms. The number of H-pyrrole nitrogens is 1. The van der Waals surface area contributed by atoms with Crippen LogP contribution in [0.5, 0.6) is 11.5 Å². The van der Waals surface area contributed by atoms with Crippen LogP contribution in [0.15, 0.2) is 48.5 Å². The molecule has 3 aromatic rings. The molecular weight excluding hydrogens is 514 g/mol. The van der Waals surface area contributed by atoms with Crippen LogP contribution in [0.3, 0.4) is 0 Å². The smallest absolute Gasteiger partial charge is 0.308 e. The molecule has 7 nitrogen and oxygen atoms in total. The van der Waals surface area contributed by atoms with Crippen molar-refractivity contribution in [1.29, 1.82) is 0 Å². The predicted octanol–water partition coefficient (Wildman–Crippen LogP) is 6.68. The minimum absolute atomic E-state index is 0.0781. The van der Waals surface area contributed by atoms with Gasteiger partial charge in [0.15, 0.2) is 0 Å². The van der Waals surface area contributed by atoms with Crippen molar-refractivity contribution in [2.45, 2.75) is 64.4 Å². The molecule has 2 bridgehead atoms. The molecule has 2 aromatic carbocycles. The highest BCUT2D eigenvalue weighted by molar-refractivity contribution is 5.87. The molecule has 1 saturated carbocycles. The molecule has 0 aliphatic heterocycles. The molecular formula is C34H45N3O4. The fraction of sp³-hybridized carbons (Fsp3) is 0.529. The number of aryl methyl sites for hydroxylation is 1. The van der Waals surface area contributed by atoms with Crippen LogP contribution in [-0.4, -0.2) is 60.8 Å². The van der Waals surface area contributed by atoms with E-state index in [1.165, 1.54) is 17.6 Å². The number of ether oxygens (including phenoxy) is 3. The van der Waals surface area contributed by atoms with Gasteiger partial charge in [-0.1, -0.05) is 56.7 Å². The Morgan fingerprint density at radius 3 is 2.56 bits per heavy atom. The first-order chi connectivity index (χ1) is 19.8. The Kier molecular flexibility index (Phi) is 9.03. The van der Waals surface area contributed by atoms with Gasteiger partial charge < -0.3 is 24.1 Å². The topological polar surface area (TPSA) is 76.7 Å². The number of rotatable bonds is 12. The van der Waals surface area contributed by atoms with Crippen LogP contribution in [0.1, 0.15) is 63.8 Å². The van der Waals surface area contributed by atoms with E-state index in [4.69, 9.17) is 19.2 Å². The third-order valence-electron chi connectivity index (χ3n) is 8.97. The molecule has 7 heteroatoms. The Bertz CT molecular complexity index is 1320. The lowest BCUT2D eigenvalue weighted by atomic mass is 9.69. The summed E-state index contributed by atoms with van der Waals surface area (Å²) in [5.74, 6) is 2.88. The third-order valence-corrected chi connectivity index (χ3v) is 8.97. The average Bonchev–Trinajstić information content (AvgIpc) is 3.19. The molecule has 3 atom stereocenters. The SMILES string of the molecule is COc1ccc(OC)c2[nH]c(CCCN(C)CC[C@]3(OC(=O)C(C)C)C[C@H]4CCC[C@@H]3C=C4c3ccccc3)nc12. The second-order valence-electron chi connectivity index (χ2n) is 12.1. The fourth-order valence-electron chi connectivity index (χ4n) is 6.66. The second-order valence-corrected chi connectivity index (χ2v) is 12.1. The van der Waals surface area contributed by atoms with E-state index in [-0.39, 0.29) is 17.8 Å². The molecule has 6 rings (SSSR count). The third kappa shape index (κ3) is 6.30. The van der Waals surface area contributed by atoms with Crippen molar-refractivity contribution in [3.63, 3.8) is 0 Å². The largest absolute Gasteiger partial charge is 0.494 e. The first-order valence-corrected chi connectivity index (χ1v) is 15.1. The highest BCUT2D eigenvalue weighted by Crippen LogP contribution is 2.51. The molecule has 0 unspecified atom stereocenters. The van der Waals surface area contributed by atoms with Crippen molar-refractivity contribution in [2.75, 3.05) is 34.4 Å². The number of aromatic amines is 1. The summed E-state index contributed by atoms with van der Waals surface area (Å²) in [6, 6.07) is 14.5. The van der Waals surface area contributed by atoms with Crippen LogP contribution >= 0.6 is 0 Å². The summed E-state index contributed by atoms with van der Waals surface area (Å²) >= 11 is 0. The average molecular weight is 560 g/mol. The zero-order valence-electron chi connectivity index (χ0n) is 25.2. The number of carbonyl (C=O) groups is 1. The molecule has 1 N–H and O–H groups in total. The molecule has 1 heterocycles. The van der Waals surface area contributed by atoms with Crippen molar-refractivity contribution < 1.29 is 19.0 Å². The van der Waals surface area contributed by atoms with E-state index < -0.39 is 5.60 Å². The Hall–Kier alpha value is -3.32. The molecule has 41 heavy (non-hydrogen) atoms. The molecule has 0 saturated heterocycles. The molecule has 3 aliphatic carbocycles. The minimum Gasteiger partial charge on any atom is -0.494 e. The van der Waals surface area contributed by atoms with E-state index in [0.717, 1.165) is 80.0 Å². The van der Waals surface area contributed by atoms with Crippen LogP contribution in [0, 0.1) is 17.8 Å². The summed E-state index contributed by atoms with van der Waals surface area (Å²) < 4.78 is 17.5. The first-order valence-electron chi connectivity index (χ1n) is 15.1. The number of nitrogens with zero attached hydrogens (tertiary/aromatic N) is 2. The van der Waals surface area contributed by atoms with E-state index in [0.29, 0.717) is 5.92 Å². The van der Waals surface area contributed by atoms with Gasteiger partial charge >= 0.3 is 5.97 Å². The normalized spacial score (nSPS) is 22.2. The predicted molar refractivity (Wildman–Crippen MR) is 163 cm³/mol. The zero-order valence-corrected chi connectivity index (χ0v) is 25.2. The van der Waals surface area contributed by atoms with Crippen molar-refractivity contribution in [1.82, 2.24) is 14.9 Å². The number of benzene rings is 2.